The minimum absolute atomic E-state index is 0.0348. The Bertz CT molecular complexity index is 425. The van der Waals surface area contributed by atoms with Crippen LogP contribution >= 0.6 is 22.6 Å². The molecule has 0 saturated heterocycles. The van der Waals surface area contributed by atoms with Crippen LogP contribution in [-0.4, -0.2) is 22.2 Å². The van der Waals surface area contributed by atoms with Crippen molar-refractivity contribution >= 4 is 34.0 Å². The van der Waals surface area contributed by atoms with Gasteiger partial charge in [0.2, 0.25) is 0 Å². The predicted molar refractivity (Wildman–Crippen MR) is 79.8 cm³/mol. The van der Waals surface area contributed by atoms with E-state index < -0.39 is 4.92 Å². The third-order valence-corrected chi connectivity index (χ3v) is 4.11. The third kappa shape index (κ3) is 3.32. The molecule has 0 aliphatic heterocycles. The van der Waals surface area contributed by atoms with E-state index >= 15 is 0 Å². The van der Waals surface area contributed by atoms with E-state index in [1.54, 1.807) is 6.07 Å². The quantitative estimate of drug-likeness (QED) is 0.462. The van der Waals surface area contributed by atoms with E-state index in [1.807, 2.05) is 13.8 Å². The van der Waals surface area contributed by atoms with Crippen LogP contribution in [0, 0.1) is 13.7 Å². The van der Waals surface area contributed by atoms with Crippen LogP contribution in [-0.2, 0) is 0 Å². The Morgan fingerprint density at radius 3 is 2.44 bits per heavy atom. The zero-order valence-electron chi connectivity index (χ0n) is 10.4. The molecule has 0 bridgehead atoms. The molecule has 6 heteroatoms. The molecular formula is C12H17IN2O3. The maximum Gasteiger partial charge on any atom is 0.270 e. The largest absolute Gasteiger partial charge is 0.394 e. The van der Waals surface area contributed by atoms with E-state index in [0.29, 0.717) is 0 Å². The number of hydrogen-bond acceptors (Lipinski definition) is 4. The second-order valence-electron chi connectivity index (χ2n) is 4.19. The van der Waals surface area contributed by atoms with Gasteiger partial charge in [-0.1, -0.05) is 13.8 Å². The molecule has 0 amide bonds. The molecule has 0 heterocycles. The standard InChI is InChI=1S/C12H17IN2O3/c1-3-12(4-2,8-16)14-11-6-5-9(15(17)18)7-10(11)13/h5-7,14,16H,3-4,8H2,1-2H3. The highest BCUT2D eigenvalue weighted by Gasteiger charge is 2.25. The Kier molecular flexibility index (Phi) is 5.33. The lowest BCUT2D eigenvalue weighted by Gasteiger charge is -2.32. The molecule has 0 aromatic heterocycles. The highest BCUT2D eigenvalue weighted by molar-refractivity contribution is 14.1. The first kappa shape index (κ1) is 15.2. The Morgan fingerprint density at radius 1 is 1.44 bits per heavy atom. The first-order chi connectivity index (χ1) is 8.48. The number of hydrogen-bond donors (Lipinski definition) is 2. The van der Waals surface area contributed by atoms with Crippen molar-refractivity contribution in [1.29, 1.82) is 0 Å². The van der Waals surface area contributed by atoms with Crippen LogP contribution in [0.3, 0.4) is 0 Å². The van der Waals surface area contributed by atoms with Crippen LogP contribution in [0.25, 0.3) is 0 Å². The van der Waals surface area contributed by atoms with Crippen molar-refractivity contribution in [3.8, 4) is 0 Å². The summed E-state index contributed by atoms with van der Waals surface area (Å²) in [7, 11) is 0. The maximum absolute atomic E-state index is 10.7. The molecule has 1 aromatic carbocycles. The normalized spacial score (nSPS) is 11.3. The summed E-state index contributed by atoms with van der Waals surface area (Å²) in [5, 5.41) is 23.5. The molecule has 0 aliphatic rings. The molecule has 1 rings (SSSR count). The molecule has 0 atom stereocenters. The van der Waals surface area contributed by atoms with Crippen molar-refractivity contribution in [3.05, 3.63) is 31.9 Å². The first-order valence-electron chi connectivity index (χ1n) is 5.81. The van der Waals surface area contributed by atoms with E-state index in [4.69, 9.17) is 0 Å². The average Bonchev–Trinajstić information content (AvgIpc) is 2.38. The van der Waals surface area contributed by atoms with Crippen molar-refractivity contribution in [2.24, 2.45) is 0 Å². The van der Waals surface area contributed by atoms with E-state index in [2.05, 4.69) is 27.9 Å². The number of aliphatic hydroxyl groups is 1. The minimum atomic E-state index is -0.412. The van der Waals surface area contributed by atoms with E-state index in [1.165, 1.54) is 12.1 Å². The van der Waals surface area contributed by atoms with Gasteiger partial charge in [0, 0.05) is 21.4 Å². The monoisotopic (exact) mass is 364 g/mol. The molecule has 0 radical (unpaired) electrons. The van der Waals surface area contributed by atoms with Gasteiger partial charge in [0.15, 0.2) is 0 Å². The van der Waals surface area contributed by atoms with Crippen LogP contribution in [0.5, 0.6) is 0 Å². The van der Waals surface area contributed by atoms with Crippen LogP contribution in [0.4, 0.5) is 11.4 Å². The number of aliphatic hydroxyl groups excluding tert-OH is 1. The number of nitro groups is 1. The zero-order valence-corrected chi connectivity index (χ0v) is 12.6. The van der Waals surface area contributed by atoms with Gasteiger partial charge in [0.1, 0.15) is 0 Å². The van der Waals surface area contributed by atoms with Gasteiger partial charge in [-0.2, -0.15) is 0 Å². The maximum atomic E-state index is 10.7. The Balaban J connectivity index is 3.01. The fourth-order valence-electron chi connectivity index (χ4n) is 1.69. The van der Waals surface area contributed by atoms with Crippen molar-refractivity contribution in [2.45, 2.75) is 32.2 Å². The number of nitro benzene ring substituents is 1. The molecule has 2 N–H and O–H groups in total. The molecular weight excluding hydrogens is 347 g/mol. The Morgan fingerprint density at radius 2 is 2.06 bits per heavy atom. The number of rotatable bonds is 6. The van der Waals surface area contributed by atoms with Crippen molar-refractivity contribution in [3.63, 3.8) is 0 Å². The summed E-state index contributed by atoms with van der Waals surface area (Å²) < 4.78 is 0.779. The van der Waals surface area contributed by atoms with E-state index in [-0.39, 0.29) is 17.8 Å². The van der Waals surface area contributed by atoms with E-state index in [9.17, 15) is 15.2 Å². The molecule has 100 valence electrons. The molecule has 18 heavy (non-hydrogen) atoms. The summed E-state index contributed by atoms with van der Waals surface area (Å²) in [6.07, 6.45) is 1.57. The second-order valence-corrected chi connectivity index (χ2v) is 5.35. The number of nitrogens with one attached hydrogen (secondary N) is 1. The van der Waals surface area contributed by atoms with Gasteiger partial charge in [-0.25, -0.2) is 0 Å². The number of anilines is 1. The highest BCUT2D eigenvalue weighted by atomic mass is 127. The number of benzene rings is 1. The van der Waals surface area contributed by atoms with Gasteiger partial charge in [0.25, 0.3) is 5.69 Å². The summed E-state index contributed by atoms with van der Waals surface area (Å²) in [6.45, 7) is 4.04. The zero-order chi connectivity index (χ0) is 13.8. The van der Waals surface area contributed by atoms with Crippen LogP contribution in [0.15, 0.2) is 18.2 Å². The smallest absolute Gasteiger partial charge is 0.270 e. The van der Waals surface area contributed by atoms with Crippen molar-refractivity contribution < 1.29 is 10.0 Å². The van der Waals surface area contributed by atoms with Crippen LogP contribution < -0.4 is 5.32 Å². The lowest BCUT2D eigenvalue weighted by Crippen LogP contribution is -2.41. The molecule has 0 aliphatic carbocycles. The fraction of sp³-hybridized carbons (Fsp3) is 0.500. The Hall–Kier alpha value is -0.890. The lowest BCUT2D eigenvalue weighted by atomic mass is 9.93. The lowest BCUT2D eigenvalue weighted by molar-refractivity contribution is -0.384. The average molecular weight is 364 g/mol. The van der Waals surface area contributed by atoms with Crippen molar-refractivity contribution in [1.82, 2.24) is 0 Å². The first-order valence-corrected chi connectivity index (χ1v) is 6.89. The fourth-order valence-corrected chi connectivity index (χ4v) is 2.33. The SMILES string of the molecule is CCC(CC)(CO)Nc1ccc([N+](=O)[O-])cc1I. The van der Waals surface area contributed by atoms with Gasteiger partial charge in [-0.05, 0) is 41.5 Å². The molecule has 0 unspecified atom stereocenters. The summed E-state index contributed by atoms with van der Waals surface area (Å²) in [4.78, 5) is 10.2. The van der Waals surface area contributed by atoms with Crippen LogP contribution in [0.2, 0.25) is 0 Å². The Labute approximate surface area is 120 Å². The van der Waals surface area contributed by atoms with E-state index in [0.717, 1.165) is 22.1 Å². The number of halogens is 1. The molecule has 0 fully saturated rings. The summed E-state index contributed by atoms with van der Waals surface area (Å²) in [5.41, 5.74) is 0.530. The van der Waals surface area contributed by atoms with Crippen molar-refractivity contribution in [2.75, 3.05) is 11.9 Å². The molecule has 1 aromatic rings. The number of nitrogens with zero attached hydrogens (tertiary/aromatic N) is 1. The molecule has 0 saturated carbocycles. The minimum Gasteiger partial charge on any atom is -0.394 e. The summed E-state index contributed by atoms with van der Waals surface area (Å²) in [5.74, 6) is 0. The summed E-state index contributed by atoms with van der Waals surface area (Å²) >= 11 is 2.06. The topological polar surface area (TPSA) is 75.4 Å². The predicted octanol–water partition coefficient (Wildman–Crippen LogP) is 3.16. The van der Waals surface area contributed by atoms with Crippen LogP contribution in [0.1, 0.15) is 26.7 Å². The van der Waals surface area contributed by atoms with Gasteiger partial charge < -0.3 is 10.4 Å². The van der Waals surface area contributed by atoms with Gasteiger partial charge in [-0.15, -0.1) is 0 Å². The van der Waals surface area contributed by atoms with Gasteiger partial charge >= 0.3 is 0 Å². The van der Waals surface area contributed by atoms with Gasteiger partial charge in [0.05, 0.1) is 17.1 Å². The third-order valence-electron chi connectivity index (χ3n) is 3.22. The summed E-state index contributed by atoms with van der Waals surface area (Å²) in [6, 6.07) is 4.68. The molecule has 0 spiro atoms. The number of non-ortho nitro benzene ring substituents is 1. The second kappa shape index (κ2) is 6.33. The van der Waals surface area contributed by atoms with Gasteiger partial charge in [-0.3, -0.25) is 10.1 Å². The molecule has 5 nitrogen and oxygen atoms in total. The highest BCUT2D eigenvalue weighted by Crippen LogP contribution is 2.28.